The van der Waals surface area contributed by atoms with Gasteiger partial charge >= 0.3 is 0 Å². The highest BCUT2D eigenvalue weighted by atomic mass is 16.3. The zero-order valence-corrected chi connectivity index (χ0v) is 18.5. The number of hydrogen-bond donors (Lipinski definition) is 4. The largest absolute Gasteiger partial charge is 0.508 e. The first-order chi connectivity index (χ1) is 15.8. The molecule has 0 amide bonds. The zero-order chi connectivity index (χ0) is 23.4. The van der Waals surface area contributed by atoms with Gasteiger partial charge in [-0.05, 0) is 83.6 Å². The molecule has 0 radical (unpaired) electrons. The Hall–Kier alpha value is -3.92. The first kappa shape index (κ1) is 22.3. The van der Waals surface area contributed by atoms with Gasteiger partial charge < -0.3 is 20.4 Å². The summed E-state index contributed by atoms with van der Waals surface area (Å²) in [7, 11) is 0. The number of rotatable bonds is 7. The van der Waals surface area contributed by atoms with Crippen molar-refractivity contribution in [2.24, 2.45) is 0 Å². The predicted molar refractivity (Wildman–Crippen MR) is 130 cm³/mol. The molecule has 4 aromatic rings. The molecule has 0 atom stereocenters. The Balaban J connectivity index is 1.73. The normalized spacial score (nSPS) is 11.6. The molecule has 168 valence electrons. The van der Waals surface area contributed by atoms with E-state index in [0.717, 1.165) is 35.1 Å². The number of phenols is 4. The standard InChI is InChI=1S/C29H28O4/c1-29(22-6-14-26(32)15-7-22,23-8-16-27(33)17-9-23)19-18-28(20-2-10-24(30)11-3-20)21-4-12-25(31)13-5-21/h2-17,28,30-33H,18-19H2,1H3. The number of benzene rings is 4. The second-order valence-corrected chi connectivity index (χ2v) is 8.70. The summed E-state index contributed by atoms with van der Waals surface area (Å²) in [6.45, 7) is 2.18. The second kappa shape index (κ2) is 9.29. The first-order valence-corrected chi connectivity index (χ1v) is 11.0. The fraction of sp³-hybridized carbons (Fsp3) is 0.172. The van der Waals surface area contributed by atoms with Crippen molar-refractivity contribution < 1.29 is 20.4 Å². The van der Waals surface area contributed by atoms with Crippen molar-refractivity contribution in [2.45, 2.75) is 31.1 Å². The average molecular weight is 441 g/mol. The van der Waals surface area contributed by atoms with E-state index in [-0.39, 0.29) is 34.3 Å². The van der Waals surface area contributed by atoms with Gasteiger partial charge in [0, 0.05) is 11.3 Å². The van der Waals surface area contributed by atoms with Crippen LogP contribution in [0.15, 0.2) is 97.1 Å². The van der Waals surface area contributed by atoms with Gasteiger partial charge in [0.25, 0.3) is 0 Å². The van der Waals surface area contributed by atoms with Crippen LogP contribution >= 0.6 is 0 Å². The Kier molecular flexibility index (Phi) is 6.27. The lowest BCUT2D eigenvalue weighted by atomic mass is 9.70. The molecule has 0 fully saturated rings. The molecule has 0 unspecified atom stereocenters. The van der Waals surface area contributed by atoms with Crippen molar-refractivity contribution in [3.05, 3.63) is 119 Å². The highest BCUT2D eigenvalue weighted by molar-refractivity contribution is 5.43. The number of aromatic hydroxyl groups is 4. The van der Waals surface area contributed by atoms with Crippen LogP contribution in [-0.2, 0) is 5.41 Å². The van der Waals surface area contributed by atoms with Crippen LogP contribution in [0.2, 0.25) is 0 Å². The lowest BCUT2D eigenvalue weighted by Gasteiger charge is -2.33. The molecule has 0 aliphatic rings. The van der Waals surface area contributed by atoms with Crippen LogP contribution in [0, 0.1) is 0 Å². The monoisotopic (exact) mass is 440 g/mol. The Bertz CT molecular complexity index is 1090. The van der Waals surface area contributed by atoms with E-state index in [1.807, 2.05) is 48.5 Å². The van der Waals surface area contributed by atoms with E-state index in [9.17, 15) is 20.4 Å². The molecule has 0 aliphatic carbocycles. The summed E-state index contributed by atoms with van der Waals surface area (Å²) >= 11 is 0. The minimum Gasteiger partial charge on any atom is -0.508 e. The van der Waals surface area contributed by atoms with Crippen molar-refractivity contribution in [1.29, 1.82) is 0 Å². The fourth-order valence-corrected chi connectivity index (χ4v) is 4.49. The van der Waals surface area contributed by atoms with Gasteiger partial charge in [-0.3, -0.25) is 0 Å². The molecule has 4 N–H and O–H groups in total. The van der Waals surface area contributed by atoms with Crippen molar-refractivity contribution in [1.82, 2.24) is 0 Å². The minimum atomic E-state index is -0.368. The van der Waals surface area contributed by atoms with Gasteiger partial charge in [-0.15, -0.1) is 0 Å². The number of hydrogen-bond acceptors (Lipinski definition) is 4. The SMILES string of the molecule is CC(CCC(c1ccc(O)cc1)c1ccc(O)cc1)(c1ccc(O)cc1)c1ccc(O)cc1. The molecule has 0 heterocycles. The average Bonchev–Trinajstić information content (AvgIpc) is 2.82. The third-order valence-electron chi connectivity index (χ3n) is 6.53. The second-order valence-electron chi connectivity index (χ2n) is 8.70. The Morgan fingerprint density at radius 2 is 0.818 bits per heavy atom. The van der Waals surface area contributed by atoms with Gasteiger partial charge in [-0.25, -0.2) is 0 Å². The Morgan fingerprint density at radius 1 is 0.515 bits per heavy atom. The molecule has 0 bridgehead atoms. The van der Waals surface area contributed by atoms with Crippen LogP contribution in [0.3, 0.4) is 0 Å². The maximum atomic E-state index is 9.82. The molecule has 0 aliphatic heterocycles. The third kappa shape index (κ3) is 4.96. The van der Waals surface area contributed by atoms with E-state index < -0.39 is 0 Å². The van der Waals surface area contributed by atoms with Crippen LogP contribution in [-0.4, -0.2) is 20.4 Å². The highest BCUT2D eigenvalue weighted by Crippen LogP contribution is 2.41. The van der Waals surface area contributed by atoms with Crippen LogP contribution in [0.4, 0.5) is 0 Å². The fourth-order valence-electron chi connectivity index (χ4n) is 4.49. The molecule has 0 spiro atoms. The van der Waals surface area contributed by atoms with E-state index in [4.69, 9.17) is 0 Å². The summed E-state index contributed by atoms with van der Waals surface area (Å²) < 4.78 is 0. The Labute approximate surface area is 194 Å². The maximum absolute atomic E-state index is 9.82. The third-order valence-corrected chi connectivity index (χ3v) is 6.53. The molecular formula is C29H28O4. The predicted octanol–water partition coefficient (Wildman–Crippen LogP) is 6.43. The lowest BCUT2D eigenvalue weighted by Crippen LogP contribution is -2.24. The van der Waals surface area contributed by atoms with Gasteiger partial charge in [0.15, 0.2) is 0 Å². The molecule has 0 aromatic heterocycles. The summed E-state index contributed by atoms with van der Waals surface area (Å²) in [5.74, 6) is 0.943. The van der Waals surface area contributed by atoms with Gasteiger partial charge in [-0.2, -0.15) is 0 Å². The van der Waals surface area contributed by atoms with Crippen LogP contribution < -0.4 is 0 Å². The summed E-state index contributed by atoms with van der Waals surface area (Å²) in [5.41, 5.74) is 3.94. The van der Waals surface area contributed by atoms with Crippen molar-refractivity contribution >= 4 is 0 Å². The van der Waals surface area contributed by atoms with Crippen LogP contribution in [0.5, 0.6) is 23.0 Å². The molecule has 4 nitrogen and oxygen atoms in total. The van der Waals surface area contributed by atoms with Crippen LogP contribution in [0.1, 0.15) is 47.9 Å². The van der Waals surface area contributed by atoms with Gasteiger partial charge in [0.1, 0.15) is 23.0 Å². The van der Waals surface area contributed by atoms with Gasteiger partial charge in [0.05, 0.1) is 0 Å². The molecule has 4 heteroatoms. The summed E-state index contributed by atoms with van der Waals surface area (Å²) in [5, 5.41) is 39.2. The van der Waals surface area contributed by atoms with Crippen molar-refractivity contribution in [2.75, 3.05) is 0 Å². The molecule has 4 rings (SSSR count). The first-order valence-electron chi connectivity index (χ1n) is 11.0. The summed E-state index contributed by atoms with van der Waals surface area (Å²) in [6.07, 6.45) is 1.59. The Morgan fingerprint density at radius 3 is 1.15 bits per heavy atom. The van der Waals surface area contributed by atoms with E-state index >= 15 is 0 Å². The van der Waals surface area contributed by atoms with E-state index in [1.165, 1.54) is 0 Å². The van der Waals surface area contributed by atoms with E-state index in [0.29, 0.717) is 0 Å². The summed E-state index contributed by atoms with van der Waals surface area (Å²) in [6, 6.07) is 29.1. The molecular weight excluding hydrogens is 412 g/mol. The molecule has 0 saturated carbocycles. The quantitative estimate of drug-likeness (QED) is 0.267. The molecule has 4 aromatic carbocycles. The highest BCUT2D eigenvalue weighted by Gasteiger charge is 2.30. The maximum Gasteiger partial charge on any atom is 0.115 e. The van der Waals surface area contributed by atoms with Gasteiger partial charge in [-0.1, -0.05) is 55.5 Å². The minimum absolute atomic E-state index is 0.0553. The molecule has 0 saturated heterocycles. The number of phenolic OH excluding ortho intramolecular Hbond substituents is 4. The topological polar surface area (TPSA) is 80.9 Å². The van der Waals surface area contributed by atoms with Gasteiger partial charge in [0.2, 0.25) is 0 Å². The lowest BCUT2D eigenvalue weighted by molar-refractivity contribution is 0.461. The van der Waals surface area contributed by atoms with Crippen molar-refractivity contribution in [3.8, 4) is 23.0 Å². The van der Waals surface area contributed by atoms with E-state index in [1.54, 1.807) is 48.5 Å². The van der Waals surface area contributed by atoms with Crippen molar-refractivity contribution in [3.63, 3.8) is 0 Å². The van der Waals surface area contributed by atoms with Crippen LogP contribution in [0.25, 0.3) is 0 Å². The smallest absolute Gasteiger partial charge is 0.115 e. The zero-order valence-electron chi connectivity index (χ0n) is 18.5. The van der Waals surface area contributed by atoms with E-state index in [2.05, 4.69) is 6.92 Å². The molecule has 33 heavy (non-hydrogen) atoms. The summed E-state index contributed by atoms with van der Waals surface area (Å²) in [4.78, 5) is 0.